The van der Waals surface area contributed by atoms with Crippen LogP contribution in [0, 0.1) is 0 Å². The molecule has 0 aliphatic carbocycles. The predicted molar refractivity (Wildman–Crippen MR) is 109 cm³/mol. The summed E-state index contributed by atoms with van der Waals surface area (Å²) in [4.78, 5) is 19.2. The third-order valence-corrected chi connectivity index (χ3v) is 7.03. The summed E-state index contributed by atoms with van der Waals surface area (Å²) in [5.41, 5.74) is 0.973. The smallest absolute Gasteiger partial charge is 0.257 e. The van der Waals surface area contributed by atoms with Crippen LogP contribution in [0.25, 0.3) is 0 Å². The first kappa shape index (κ1) is 18.1. The van der Waals surface area contributed by atoms with Crippen molar-refractivity contribution in [3.8, 4) is 0 Å². The number of hydrazone groups is 1. The topological polar surface area (TPSA) is 52.3 Å². The van der Waals surface area contributed by atoms with Gasteiger partial charge in [-0.3, -0.25) is 14.6 Å². The molecule has 2 saturated heterocycles. The fraction of sp³-hybridized carbons (Fsp3) is 0.524. The van der Waals surface area contributed by atoms with Crippen LogP contribution in [-0.4, -0.2) is 65.2 Å². The number of thiophene rings is 1. The summed E-state index contributed by atoms with van der Waals surface area (Å²) < 4.78 is 5.63. The van der Waals surface area contributed by atoms with E-state index in [2.05, 4.69) is 15.9 Å². The van der Waals surface area contributed by atoms with Crippen LogP contribution in [0.1, 0.15) is 42.4 Å². The number of rotatable bonds is 5. The normalized spacial score (nSPS) is 26.3. The molecule has 2 atom stereocenters. The highest BCUT2D eigenvalue weighted by atomic mass is 32.1. The second-order valence-electron chi connectivity index (χ2n) is 7.92. The SMILES string of the molecule is O=C(CN1CC[C@H](N2CCCC2)C1)N1N=C(c2cccs2)C[C@@H]1c1ccco1. The van der Waals surface area contributed by atoms with E-state index in [-0.39, 0.29) is 11.9 Å². The first-order valence-corrected chi connectivity index (χ1v) is 11.1. The summed E-state index contributed by atoms with van der Waals surface area (Å²) in [5.74, 6) is 0.870. The lowest BCUT2D eigenvalue weighted by atomic mass is 10.1. The average molecular weight is 399 g/mol. The maximum atomic E-state index is 13.2. The van der Waals surface area contributed by atoms with Crippen LogP contribution >= 0.6 is 11.3 Å². The van der Waals surface area contributed by atoms with Crippen molar-refractivity contribution < 1.29 is 9.21 Å². The Labute approximate surface area is 169 Å². The lowest BCUT2D eigenvalue weighted by Crippen LogP contribution is -2.40. The summed E-state index contributed by atoms with van der Waals surface area (Å²) in [5, 5.41) is 8.43. The highest BCUT2D eigenvalue weighted by Gasteiger charge is 2.37. The number of likely N-dealkylation sites (tertiary alicyclic amines) is 2. The molecule has 0 unspecified atom stereocenters. The van der Waals surface area contributed by atoms with Gasteiger partial charge < -0.3 is 4.42 Å². The fourth-order valence-corrected chi connectivity index (χ4v) is 5.38. The summed E-state index contributed by atoms with van der Waals surface area (Å²) in [6, 6.07) is 8.38. The Morgan fingerprint density at radius 3 is 2.86 bits per heavy atom. The zero-order valence-corrected chi connectivity index (χ0v) is 16.8. The Morgan fingerprint density at radius 1 is 1.21 bits per heavy atom. The number of amides is 1. The Kier molecular flexibility index (Phi) is 5.05. The van der Waals surface area contributed by atoms with E-state index in [0.717, 1.165) is 29.4 Å². The van der Waals surface area contributed by atoms with Gasteiger partial charge in [-0.1, -0.05) is 6.07 Å². The van der Waals surface area contributed by atoms with Crippen LogP contribution in [-0.2, 0) is 4.79 Å². The van der Waals surface area contributed by atoms with E-state index >= 15 is 0 Å². The first-order chi connectivity index (χ1) is 13.8. The van der Waals surface area contributed by atoms with Gasteiger partial charge >= 0.3 is 0 Å². The van der Waals surface area contributed by atoms with Crippen LogP contribution in [0.4, 0.5) is 0 Å². The number of hydrogen-bond donors (Lipinski definition) is 0. The van der Waals surface area contributed by atoms with Gasteiger partial charge in [0, 0.05) is 25.6 Å². The average Bonchev–Trinajstić information content (AvgIpc) is 3.53. The van der Waals surface area contributed by atoms with Gasteiger partial charge in [0.25, 0.3) is 5.91 Å². The van der Waals surface area contributed by atoms with E-state index in [1.165, 1.54) is 32.4 Å². The monoisotopic (exact) mass is 398 g/mol. The highest BCUT2D eigenvalue weighted by molar-refractivity contribution is 7.12. The summed E-state index contributed by atoms with van der Waals surface area (Å²) in [6.45, 7) is 4.85. The minimum Gasteiger partial charge on any atom is -0.467 e. The van der Waals surface area contributed by atoms with E-state index < -0.39 is 0 Å². The molecule has 0 spiro atoms. The molecule has 0 radical (unpaired) electrons. The molecule has 2 aromatic heterocycles. The Hall–Kier alpha value is -1.96. The number of nitrogens with zero attached hydrogens (tertiary/aromatic N) is 4. The number of furan rings is 1. The van der Waals surface area contributed by atoms with Crippen molar-refractivity contribution in [3.05, 3.63) is 46.5 Å². The van der Waals surface area contributed by atoms with Crippen LogP contribution in [0.15, 0.2) is 45.4 Å². The molecule has 0 saturated carbocycles. The minimum absolute atomic E-state index is 0.0648. The third kappa shape index (κ3) is 3.54. The van der Waals surface area contributed by atoms with Gasteiger partial charge in [-0.25, -0.2) is 5.01 Å². The molecule has 0 bridgehead atoms. The fourth-order valence-electron chi connectivity index (χ4n) is 4.66. The largest absolute Gasteiger partial charge is 0.467 e. The molecule has 2 aromatic rings. The molecular formula is C21H26N4O2S. The first-order valence-electron chi connectivity index (χ1n) is 10.2. The molecule has 5 rings (SSSR count). The number of hydrogen-bond acceptors (Lipinski definition) is 6. The Morgan fingerprint density at radius 2 is 2.11 bits per heavy atom. The van der Waals surface area contributed by atoms with E-state index in [4.69, 9.17) is 9.52 Å². The molecule has 3 aliphatic rings. The van der Waals surface area contributed by atoms with Gasteiger partial charge in [0.2, 0.25) is 0 Å². The lowest BCUT2D eigenvalue weighted by Gasteiger charge is -2.25. The minimum atomic E-state index is -0.142. The molecule has 28 heavy (non-hydrogen) atoms. The molecule has 1 amide bonds. The standard InChI is InChI=1S/C21H26N4O2S/c26-21(15-23-10-7-16(14-23)24-8-1-2-9-24)25-18(19-5-3-11-27-19)13-17(22-25)20-6-4-12-28-20/h3-6,11-12,16,18H,1-2,7-10,13-15H2/t16-,18+/m0/s1. The molecule has 7 heteroatoms. The summed E-state index contributed by atoms with van der Waals surface area (Å²) >= 11 is 1.67. The van der Waals surface area contributed by atoms with Gasteiger partial charge in [0.1, 0.15) is 11.8 Å². The van der Waals surface area contributed by atoms with E-state index in [9.17, 15) is 4.79 Å². The van der Waals surface area contributed by atoms with Gasteiger partial charge in [-0.2, -0.15) is 5.10 Å². The Balaban J connectivity index is 1.29. The molecule has 6 nitrogen and oxygen atoms in total. The van der Waals surface area contributed by atoms with Crippen LogP contribution in [0.5, 0.6) is 0 Å². The number of carbonyl (C=O) groups excluding carboxylic acids is 1. The zero-order valence-electron chi connectivity index (χ0n) is 16.0. The van der Waals surface area contributed by atoms with E-state index in [0.29, 0.717) is 19.0 Å². The van der Waals surface area contributed by atoms with Crippen molar-refractivity contribution in [1.82, 2.24) is 14.8 Å². The van der Waals surface area contributed by atoms with E-state index in [1.807, 2.05) is 23.6 Å². The van der Waals surface area contributed by atoms with Crippen molar-refractivity contribution in [2.45, 2.75) is 37.8 Å². The van der Waals surface area contributed by atoms with Crippen molar-refractivity contribution >= 4 is 23.0 Å². The van der Waals surface area contributed by atoms with Crippen molar-refractivity contribution in [1.29, 1.82) is 0 Å². The molecule has 0 N–H and O–H groups in total. The zero-order chi connectivity index (χ0) is 18.9. The van der Waals surface area contributed by atoms with Gasteiger partial charge in [0.15, 0.2) is 0 Å². The van der Waals surface area contributed by atoms with Crippen molar-refractivity contribution in [3.63, 3.8) is 0 Å². The maximum absolute atomic E-state index is 13.2. The van der Waals surface area contributed by atoms with E-state index in [1.54, 1.807) is 22.6 Å². The molecule has 3 aliphatic heterocycles. The van der Waals surface area contributed by atoms with Crippen molar-refractivity contribution in [2.24, 2.45) is 5.10 Å². The van der Waals surface area contributed by atoms with Crippen molar-refractivity contribution in [2.75, 3.05) is 32.7 Å². The molecule has 148 valence electrons. The second-order valence-corrected chi connectivity index (χ2v) is 8.87. The molecule has 5 heterocycles. The lowest BCUT2D eigenvalue weighted by molar-refractivity contribution is -0.134. The number of carbonyl (C=O) groups is 1. The van der Waals surface area contributed by atoms with Gasteiger partial charge in [-0.15, -0.1) is 11.3 Å². The van der Waals surface area contributed by atoms with Crippen LogP contribution in [0.2, 0.25) is 0 Å². The second kappa shape index (κ2) is 7.81. The summed E-state index contributed by atoms with van der Waals surface area (Å²) in [6.07, 6.45) is 6.17. The molecule has 0 aromatic carbocycles. The Bertz CT molecular complexity index is 827. The highest BCUT2D eigenvalue weighted by Crippen LogP contribution is 2.34. The van der Waals surface area contributed by atoms with Crippen LogP contribution < -0.4 is 0 Å². The third-order valence-electron chi connectivity index (χ3n) is 6.11. The molecular weight excluding hydrogens is 372 g/mol. The quantitative estimate of drug-likeness (QED) is 0.776. The predicted octanol–water partition coefficient (Wildman–Crippen LogP) is 3.19. The van der Waals surface area contributed by atoms with Crippen LogP contribution in [0.3, 0.4) is 0 Å². The van der Waals surface area contributed by atoms with Gasteiger partial charge in [-0.05, 0) is 55.9 Å². The summed E-state index contributed by atoms with van der Waals surface area (Å²) in [7, 11) is 0. The maximum Gasteiger partial charge on any atom is 0.257 e. The molecule has 2 fully saturated rings. The van der Waals surface area contributed by atoms with Gasteiger partial charge in [0.05, 0.1) is 23.4 Å².